The maximum absolute atomic E-state index is 11.1. The SMILES string of the molecule is O=C(NO)C1Cc2ccccc2C=N1. The van der Waals surface area contributed by atoms with E-state index in [-0.39, 0.29) is 0 Å². The second-order valence-corrected chi connectivity index (χ2v) is 3.17. The Morgan fingerprint density at radius 1 is 1.50 bits per heavy atom. The molecule has 0 saturated carbocycles. The second-order valence-electron chi connectivity index (χ2n) is 3.17. The van der Waals surface area contributed by atoms with Crippen LogP contribution < -0.4 is 5.48 Å². The van der Waals surface area contributed by atoms with Crippen LogP contribution in [0.15, 0.2) is 29.3 Å². The Bertz CT molecular complexity index is 387. The number of benzene rings is 1. The van der Waals surface area contributed by atoms with Crippen molar-refractivity contribution < 1.29 is 10.0 Å². The summed E-state index contributed by atoms with van der Waals surface area (Å²) in [5.74, 6) is -0.462. The zero-order valence-electron chi connectivity index (χ0n) is 7.47. The van der Waals surface area contributed by atoms with Crippen molar-refractivity contribution in [3.8, 4) is 0 Å². The molecule has 72 valence electrons. The molecule has 1 aliphatic heterocycles. The van der Waals surface area contributed by atoms with Crippen LogP contribution in [0.2, 0.25) is 0 Å². The fourth-order valence-electron chi connectivity index (χ4n) is 1.51. The summed E-state index contributed by atoms with van der Waals surface area (Å²) in [5, 5.41) is 8.46. The van der Waals surface area contributed by atoms with Crippen LogP contribution in [0.4, 0.5) is 0 Å². The number of aliphatic imine (C=N–C) groups is 1. The molecular formula is C10H10N2O2. The number of fused-ring (bicyclic) bond motifs is 1. The highest BCUT2D eigenvalue weighted by Crippen LogP contribution is 2.15. The minimum absolute atomic E-state index is 0.462. The third-order valence-electron chi connectivity index (χ3n) is 2.27. The molecule has 0 spiro atoms. The molecule has 1 amide bonds. The van der Waals surface area contributed by atoms with E-state index in [1.807, 2.05) is 24.3 Å². The van der Waals surface area contributed by atoms with E-state index in [1.165, 1.54) is 0 Å². The van der Waals surface area contributed by atoms with E-state index in [0.717, 1.165) is 11.1 Å². The first-order valence-electron chi connectivity index (χ1n) is 4.36. The van der Waals surface area contributed by atoms with Crippen molar-refractivity contribution >= 4 is 12.1 Å². The number of rotatable bonds is 1. The van der Waals surface area contributed by atoms with Crippen LogP contribution in [-0.2, 0) is 11.2 Å². The van der Waals surface area contributed by atoms with E-state index < -0.39 is 11.9 Å². The molecule has 2 N–H and O–H groups in total. The summed E-state index contributed by atoms with van der Waals surface area (Å²) >= 11 is 0. The molecule has 1 aliphatic rings. The molecule has 1 aromatic rings. The molecule has 2 rings (SSSR count). The number of hydroxylamine groups is 1. The van der Waals surface area contributed by atoms with Gasteiger partial charge in [0.1, 0.15) is 6.04 Å². The molecule has 4 nitrogen and oxygen atoms in total. The van der Waals surface area contributed by atoms with Crippen LogP contribution in [0, 0.1) is 0 Å². The summed E-state index contributed by atoms with van der Waals surface area (Å²) in [4.78, 5) is 15.1. The number of nitrogens with one attached hydrogen (secondary N) is 1. The zero-order chi connectivity index (χ0) is 9.97. The summed E-state index contributed by atoms with van der Waals surface area (Å²) in [7, 11) is 0. The van der Waals surface area contributed by atoms with Gasteiger partial charge in [-0.1, -0.05) is 24.3 Å². The molecule has 0 radical (unpaired) electrons. The molecule has 0 saturated heterocycles. The first-order chi connectivity index (χ1) is 6.81. The lowest BCUT2D eigenvalue weighted by molar-refractivity contribution is -0.130. The average molecular weight is 190 g/mol. The van der Waals surface area contributed by atoms with Gasteiger partial charge in [-0.15, -0.1) is 0 Å². The lowest BCUT2D eigenvalue weighted by atomic mass is 9.98. The Kier molecular flexibility index (Phi) is 2.28. The summed E-state index contributed by atoms with van der Waals surface area (Å²) < 4.78 is 0. The predicted octanol–water partition coefficient (Wildman–Crippen LogP) is 0.536. The first-order valence-corrected chi connectivity index (χ1v) is 4.36. The van der Waals surface area contributed by atoms with Gasteiger partial charge in [-0.25, -0.2) is 5.48 Å². The van der Waals surface area contributed by atoms with Crippen LogP contribution in [0.3, 0.4) is 0 Å². The van der Waals surface area contributed by atoms with Crippen LogP contribution in [0.25, 0.3) is 0 Å². The van der Waals surface area contributed by atoms with E-state index >= 15 is 0 Å². The van der Waals surface area contributed by atoms with Crippen LogP contribution in [0.5, 0.6) is 0 Å². The van der Waals surface area contributed by atoms with E-state index in [2.05, 4.69) is 4.99 Å². The van der Waals surface area contributed by atoms with Gasteiger partial charge < -0.3 is 0 Å². The van der Waals surface area contributed by atoms with Gasteiger partial charge in [-0.3, -0.25) is 15.0 Å². The Morgan fingerprint density at radius 2 is 2.29 bits per heavy atom. The Hall–Kier alpha value is -1.68. The van der Waals surface area contributed by atoms with Crippen molar-refractivity contribution in [1.29, 1.82) is 0 Å². The monoisotopic (exact) mass is 190 g/mol. The highest BCUT2D eigenvalue weighted by molar-refractivity contribution is 5.89. The molecule has 1 atom stereocenters. The highest BCUT2D eigenvalue weighted by atomic mass is 16.5. The van der Waals surface area contributed by atoms with Gasteiger partial charge in [-0.2, -0.15) is 0 Å². The van der Waals surface area contributed by atoms with Crippen molar-refractivity contribution in [3.05, 3.63) is 35.4 Å². The molecule has 0 aliphatic carbocycles. The maximum Gasteiger partial charge on any atom is 0.268 e. The molecule has 1 unspecified atom stereocenters. The molecular weight excluding hydrogens is 180 g/mol. The average Bonchev–Trinajstić information content (AvgIpc) is 2.27. The van der Waals surface area contributed by atoms with Gasteiger partial charge in [0.25, 0.3) is 5.91 Å². The minimum atomic E-state index is -0.505. The van der Waals surface area contributed by atoms with Gasteiger partial charge in [-0.05, 0) is 11.1 Å². The molecule has 0 bridgehead atoms. The summed E-state index contributed by atoms with van der Waals surface area (Å²) in [6.45, 7) is 0. The second kappa shape index (κ2) is 3.59. The van der Waals surface area contributed by atoms with E-state index in [4.69, 9.17) is 5.21 Å². The smallest absolute Gasteiger partial charge is 0.268 e. The van der Waals surface area contributed by atoms with Crippen molar-refractivity contribution in [2.75, 3.05) is 0 Å². The minimum Gasteiger partial charge on any atom is -0.289 e. The van der Waals surface area contributed by atoms with Crippen LogP contribution in [0.1, 0.15) is 11.1 Å². The Balaban J connectivity index is 2.25. The molecule has 14 heavy (non-hydrogen) atoms. The van der Waals surface area contributed by atoms with E-state index in [1.54, 1.807) is 11.7 Å². The third kappa shape index (κ3) is 1.52. The fourth-order valence-corrected chi connectivity index (χ4v) is 1.51. The van der Waals surface area contributed by atoms with Crippen LogP contribution >= 0.6 is 0 Å². The van der Waals surface area contributed by atoms with Crippen molar-refractivity contribution in [2.24, 2.45) is 4.99 Å². The molecule has 1 aromatic carbocycles. The summed E-state index contributed by atoms with van der Waals surface area (Å²) in [5.41, 5.74) is 3.73. The van der Waals surface area contributed by atoms with Crippen molar-refractivity contribution in [2.45, 2.75) is 12.5 Å². The van der Waals surface area contributed by atoms with Crippen LogP contribution in [-0.4, -0.2) is 23.4 Å². The van der Waals surface area contributed by atoms with E-state index in [9.17, 15) is 4.79 Å². The normalized spacial score (nSPS) is 18.8. The molecule has 4 heteroatoms. The Morgan fingerprint density at radius 3 is 3.07 bits per heavy atom. The zero-order valence-corrected chi connectivity index (χ0v) is 7.47. The summed E-state index contributed by atoms with van der Waals surface area (Å²) in [6.07, 6.45) is 2.21. The fraction of sp³-hybridized carbons (Fsp3) is 0.200. The van der Waals surface area contributed by atoms with Crippen molar-refractivity contribution in [1.82, 2.24) is 5.48 Å². The predicted molar refractivity (Wildman–Crippen MR) is 51.5 cm³/mol. The number of carbonyl (C=O) groups is 1. The Labute approximate surface area is 81.2 Å². The maximum atomic E-state index is 11.1. The third-order valence-corrected chi connectivity index (χ3v) is 2.27. The van der Waals surface area contributed by atoms with Crippen molar-refractivity contribution in [3.63, 3.8) is 0 Å². The molecule has 0 fully saturated rings. The van der Waals surface area contributed by atoms with Gasteiger partial charge >= 0.3 is 0 Å². The largest absolute Gasteiger partial charge is 0.289 e. The van der Waals surface area contributed by atoms with Gasteiger partial charge in [0.15, 0.2) is 0 Å². The molecule has 1 heterocycles. The first kappa shape index (κ1) is 8.90. The van der Waals surface area contributed by atoms with Gasteiger partial charge in [0, 0.05) is 12.6 Å². The number of carbonyl (C=O) groups excluding carboxylic acids is 1. The lowest BCUT2D eigenvalue weighted by Crippen LogP contribution is -2.34. The highest BCUT2D eigenvalue weighted by Gasteiger charge is 2.20. The topological polar surface area (TPSA) is 61.7 Å². The number of nitrogens with zero attached hydrogens (tertiary/aromatic N) is 1. The molecule has 0 aromatic heterocycles. The summed E-state index contributed by atoms with van der Waals surface area (Å²) in [6, 6.07) is 7.25. The van der Waals surface area contributed by atoms with E-state index in [0.29, 0.717) is 6.42 Å². The van der Waals surface area contributed by atoms with Gasteiger partial charge in [0.2, 0.25) is 0 Å². The number of hydrogen-bond acceptors (Lipinski definition) is 3. The standard InChI is InChI=1S/C10H10N2O2/c13-10(12-14)9-5-7-3-1-2-4-8(7)6-11-9/h1-4,6,9,14H,5H2,(H,12,13). The number of amides is 1. The lowest BCUT2D eigenvalue weighted by Gasteiger charge is -2.16. The number of hydrogen-bond donors (Lipinski definition) is 2. The van der Waals surface area contributed by atoms with Gasteiger partial charge in [0.05, 0.1) is 0 Å². The quantitative estimate of drug-likeness (QED) is 0.501.